The van der Waals surface area contributed by atoms with Gasteiger partial charge in [0.2, 0.25) is 11.8 Å². The minimum absolute atomic E-state index is 0.105. The Kier molecular flexibility index (Phi) is 8.46. The summed E-state index contributed by atoms with van der Waals surface area (Å²) < 4.78 is 0. The van der Waals surface area contributed by atoms with Crippen molar-refractivity contribution in [3.63, 3.8) is 0 Å². The standard InChI is InChI=1S/C27H29ClN2O2/c1-3-29-27(32)25(17-21-12-5-4-6-13-21)30(19-23-15-9-10-16-24(23)28)26(31)18-22-14-8-7-11-20(22)2/h4-16,25H,3,17-19H2,1-2H3,(H,29,32)/t25-/m0/s1. The number of aryl methyl sites for hydroxylation is 1. The first-order valence-corrected chi connectivity index (χ1v) is 11.3. The molecule has 0 fully saturated rings. The van der Waals surface area contributed by atoms with E-state index in [1.807, 2.05) is 86.6 Å². The Hall–Kier alpha value is -3.11. The zero-order chi connectivity index (χ0) is 22.9. The second-order valence-electron chi connectivity index (χ2n) is 7.82. The highest BCUT2D eigenvalue weighted by atomic mass is 35.5. The summed E-state index contributed by atoms with van der Waals surface area (Å²) in [7, 11) is 0. The van der Waals surface area contributed by atoms with Crippen LogP contribution in [0.2, 0.25) is 5.02 Å². The van der Waals surface area contributed by atoms with Crippen molar-refractivity contribution in [1.29, 1.82) is 0 Å². The first kappa shape index (κ1) is 23.6. The van der Waals surface area contributed by atoms with Gasteiger partial charge in [-0.25, -0.2) is 0 Å². The number of carbonyl (C=O) groups is 2. The van der Waals surface area contributed by atoms with Gasteiger partial charge in [0, 0.05) is 24.5 Å². The lowest BCUT2D eigenvalue weighted by atomic mass is 10.0. The molecular weight excluding hydrogens is 420 g/mol. The number of likely N-dealkylation sites (N-methyl/N-ethyl adjacent to an activating group) is 1. The van der Waals surface area contributed by atoms with Gasteiger partial charge in [-0.3, -0.25) is 9.59 Å². The number of benzene rings is 3. The number of halogens is 1. The van der Waals surface area contributed by atoms with Gasteiger partial charge < -0.3 is 10.2 Å². The molecular formula is C27H29ClN2O2. The highest BCUT2D eigenvalue weighted by Crippen LogP contribution is 2.21. The fourth-order valence-electron chi connectivity index (χ4n) is 3.73. The van der Waals surface area contributed by atoms with Crippen LogP contribution >= 0.6 is 11.6 Å². The lowest BCUT2D eigenvalue weighted by molar-refractivity contribution is -0.140. The summed E-state index contributed by atoms with van der Waals surface area (Å²) in [5.74, 6) is -0.270. The van der Waals surface area contributed by atoms with Crippen molar-refractivity contribution in [3.05, 3.63) is 106 Å². The van der Waals surface area contributed by atoms with Crippen molar-refractivity contribution in [2.45, 2.75) is 39.3 Å². The molecule has 0 saturated heterocycles. The molecule has 0 aliphatic heterocycles. The molecule has 1 atom stereocenters. The minimum Gasteiger partial charge on any atom is -0.355 e. The Balaban J connectivity index is 1.98. The number of hydrogen-bond donors (Lipinski definition) is 1. The summed E-state index contributed by atoms with van der Waals surface area (Å²) in [5.41, 5.74) is 3.82. The van der Waals surface area contributed by atoms with Crippen LogP contribution in [0.25, 0.3) is 0 Å². The molecule has 1 N–H and O–H groups in total. The van der Waals surface area contributed by atoms with Crippen LogP contribution in [-0.2, 0) is 29.0 Å². The van der Waals surface area contributed by atoms with E-state index >= 15 is 0 Å². The van der Waals surface area contributed by atoms with Gasteiger partial charge in [0.15, 0.2) is 0 Å². The van der Waals surface area contributed by atoms with Crippen molar-refractivity contribution >= 4 is 23.4 Å². The van der Waals surface area contributed by atoms with Crippen LogP contribution in [0.1, 0.15) is 29.2 Å². The smallest absolute Gasteiger partial charge is 0.243 e. The predicted octanol–water partition coefficient (Wildman–Crippen LogP) is 4.97. The number of nitrogens with zero attached hydrogens (tertiary/aromatic N) is 1. The van der Waals surface area contributed by atoms with Gasteiger partial charge in [-0.05, 0) is 42.2 Å². The Labute approximate surface area is 195 Å². The van der Waals surface area contributed by atoms with Crippen LogP contribution in [0.15, 0.2) is 78.9 Å². The molecule has 4 nitrogen and oxygen atoms in total. The summed E-state index contributed by atoms with van der Waals surface area (Å²) in [4.78, 5) is 28.4. The van der Waals surface area contributed by atoms with E-state index < -0.39 is 6.04 Å². The maximum Gasteiger partial charge on any atom is 0.243 e. The second kappa shape index (κ2) is 11.5. The maximum atomic E-state index is 13.6. The summed E-state index contributed by atoms with van der Waals surface area (Å²) in [6, 6.07) is 24.4. The van der Waals surface area contributed by atoms with Crippen LogP contribution in [0.5, 0.6) is 0 Å². The molecule has 0 spiro atoms. The minimum atomic E-state index is -0.648. The molecule has 32 heavy (non-hydrogen) atoms. The van der Waals surface area contributed by atoms with Crippen LogP contribution < -0.4 is 5.32 Å². The molecule has 166 valence electrons. The lowest BCUT2D eigenvalue weighted by Crippen LogP contribution is -2.51. The molecule has 0 aromatic heterocycles. The maximum absolute atomic E-state index is 13.6. The second-order valence-corrected chi connectivity index (χ2v) is 8.22. The molecule has 0 bridgehead atoms. The number of rotatable bonds is 9. The average molecular weight is 449 g/mol. The largest absolute Gasteiger partial charge is 0.355 e. The number of nitrogens with one attached hydrogen (secondary N) is 1. The van der Waals surface area contributed by atoms with Gasteiger partial charge in [-0.2, -0.15) is 0 Å². The van der Waals surface area contributed by atoms with Crippen LogP contribution in [0.4, 0.5) is 0 Å². The first-order valence-electron chi connectivity index (χ1n) is 10.9. The van der Waals surface area contributed by atoms with E-state index in [0.29, 0.717) is 18.0 Å². The summed E-state index contributed by atoms with van der Waals surface area (Å²) >= 11 is 6.43. The normalized spacial score (nSPS) is 11.6. The molecule has 0 aliphatic rings. The van der Waals surface area contributed by atoms with E-state index in [0.717, 1.165) is 22.3 Å². The van der Waals surface area contributed by atoms with Gasteiger partial charge in [0.05, 0.1) is 6.42 Å². The van der Waals surface area contributed by atoms with Crippen LogP contribution in [0, 0.1) is 6.92 Å². The van der Waals surface area contributed by atoms with Crippen molar-refractivity contribution < 1.29 is 9.59 Å². The third-order valence-electron chi connectivity index (χ3n) is 5.52. The SMILES string of the molecule is CCNC(=O)[C@H](Cc1ccccc1)N(Cc1ccccc1Cl)C(=O)Cc1ccccc1C. The predicted molar refractivity (Wildman–Crippen MR) is 130 cm³/mol. The Bertz CT molecular complexity index is 1050. The van der Waals surface area contributed by atoms with E-state index in [1.165, 1.54) is 0 Å². The fourth-order valence-corrected chi connectivity index (χ4v) is 3.92. The molecule has 0 saturated carbocycles. The third-order valence-corrected chi connectivity index (χ3v) is 5.89. The Morgan fingerprint density at radius 1 is 0.906 bits per heavy atom. The number of amides is 2. The quantitative estimate of drug-likeness (QED) is 0.502. The zero-order valence-electron chi connectivity index (χ0n) is 18.6. The lowest BCUT2D eigenvalue weighted by Gasteiger charge is -2.32. The van der Waals surface area contributed by atoms with Gasteiger partial charge in [0.25, 0.3) is 0 Å². The highest BCUT2D eigenvalue weighted by molar-refractivity contribution is 6.31. The van der Waals surface area contributed by atoms with Crippen LogP contribution in [0.3, 0.4) is 0 Å². The van der Waals surface area contributed by atoms with Gasteiger partial charge >= 0.3 is 0 Å². The molecule has 0 heterocycles. The molecule has 3 aromatic carbocycles. The van der Waals surface area contributed by atoms with E-state index in [2.05, 4.69) is 5.32 Å². The first-order chi connectivity index (χ1) is 15.5. The topological polar surface area (TPSA) is 49.4 Å². The molecule has 3 aromatic rings. The van der Waals surface area contributed by atoms with E-state index in [1.54, 1.807) is 11.0 Å². The monoisotopic (exact) mass is 448 g/mol. The van der Waals surface area contributed by atoms with Gasteiger partial charge in [-0.1, -0.05) is 84.4 Å². The van der Waals surface area contributed by atoms with Crippen molar-refractivity contribution in [2.24, 2.45) is 0 Å². The summed E-state index contributed by atoms with van der Waals surface area (Å²) in [6.45, 7) is 4.63. The third kappa shape index (κ3) is 6.21. The van der Waals surface area contributed by atoms with Crippen LogP contribution in [-0.4, -0.2) is 29.3 Å². The fraction of sp³-hybridized carbons (Fsp3) is 0.259. The summed E-state index contributed by atoms with van der Waals surface area (Å²) in [5, 5.41) is 3.49. The average Bonchev–Trinajstić information content (AvgIpc) is 2.79. The van der Waals surface area contributed by atoms with Gasteiger partial charge in [-0.15, -0.1) is 0 Å². The van der Waals surface area contributed by atoms with E-state index in [4.69, 9.17) is 11.6 Å². The molecule has 5 heteroatoms. The number of carbonyl (C=O) groups excluding carboxylic acids is 2. The molecule has 0 unspecified atom stereocenters. The van der Waals surface area contributed by atoms with E-state index in [9.17, 15) is 9.59 Å². The van der Waals surface area contributed by atoms with Crippen molar-refractivity contribution in [2.75, 3.05) is 6.54 Å². The molecule has 0 aliphatic carbocycles. The van der Waals surface area contributed by atoms with Crippen molar-refractivity contribution in [3.8, 4) is 0 Å². The Morgan fingerprint density at radius 2 is 1.53 bits per heavy atom. The van der Waals surface area contributed by atoms with Crippen molar-refractivity contribution in [1.82, 2.24) is 10.2 Å². The van der Waals surface area contributed by atoms with Gasteiger partial charge in [0.1, 0.15) is 6.04 Å². The molecule has 0 radical (unpaired) electrons. The van der Waals surface area contributed by atoms with E-state index in [-0.39, 0.29) is 24.8 Å². The molecule has 2 amide bonds. The Morgan fingerprint density at radius 3 is 2.19 bits per heavy atom. The number of hydrogen-bond acceptors (Lipinski definition) is 2. The summed E-state index contributed by atoms with van der Waals surface area (Å²) in [6.07, 6.45) is 0.651. The molecule has 3 rings (SSSR count). The zero-order valence-corrected chi connectivity index (χ0v) is 19.3. The highest BCUT2D eigenvalue weighted by Gasteiger charge is 2.30.